The van der Waals surface area contributed by atoms with Crippen LogP contribution in [0.15, 0.2) is 0 Å². The first-order valence-electron chi connectivity index (χ1n) is 12.0. The molecule has 5 atom stereocenters. The maximum absolute atomic E-state index is 13.5. The number of nitrogens with zero attached hydrogens (tertiary/aromatic N) is 1. The van der Waals surface area contributed by atoms with Crippen molar-refractivity contribution in [1.29, 1.82) is 0 Å². The number of ether oxygens (including phenoxy) is 2. The molecule has 202 valence electrons. The number of hydrogen-bond donors (Lipinski definition) is 4. The summed E-state index contributed by atoms with van der Waals surface area (Å²) in [4.78, 5) is 75.2. The zero-order valence-corrected chi connectivity index (χ0v) is 21.4. The Kier molecular flexibility index (Phi) is 9.79. The number of carbonyl (C=O) groups excluding carboxylic acids is 6. The molecule has 13 nitrogen and oxygen atoms in total. The van der Waals surface area contributed by atoms with E-state index in [-0.39, 0.29) is 25.1 Å². The van der Waals surface area contributed by atoms with Gasteiger partial charge in [-0.1, -0.05) is 27.7 Å². The fraction of sp³-hybridized carbons (Fsp3) is 0.739. The van der Waals surface area contributed by atoms with E-state index >= 15 is 0 Å². The molecule has 0 bridgehead atoms. The van der Waals surface area contributed by atoms with Crippen molar-refractivity contribution >= 4 is 35.5 Å². The van der Waals surface area contributed by atoms with Gasteiger partial charge in [0.2, 0.25) is 17.6 Å². The number of nitrogens with two attached hydrogens (primary N) is 1. The molecule has 2 saturated heterocycles. The number of amides is 5. The number of carbonyl (C=O) groups is 6. The van der Waals surface area contributed by atoms with Gasteiger partial charge in [-0.25, -0.2) is 4.79 Å². The lowest BCUT2D eigenvalue weighted by Gasteiger charge is -2.35. The molecule has 2 rings (SSSR count). The van der Waals surface area contributed by atoms with Crippen molar-refractivity contribution in [2.45, 2.75) is 71.7 Å². The zero-order valence-electron chi connectivity index (χ0n) is 21.4. The Bertz CT molecular complexity index is 880. The van der Waals surface area contributed by atoms with E-state index in [4.69, 9.17) is 15.2 Å². The molecule has 2 aliphatic heterocycles. The van der Waals surface area contributed by atoms with Gasteiger partial charge < -0.3 is 36.1 Å². The van der Waals surface area contributed by atoms with E-state index in [1.54, 1.807) is 20.8 Å². The largest absolute Gasteiger partial charge is 0.459 e. The molecule has 0 radical (unpaired) electrons. The molecule has 4 unspecified atom stereocenters. The Morgan fingerprint density at radius 3 is 2.36 bits per heavy atom. The molecule has 5 amide bonds. The van der Waals surface area contributed by atoms with Crippen LogP contribution >= 0.6 is 0 Å². The van der Waals surface area contributed by atoms with Crippen LogP contribution in [-0.4, -0.2) is 90.9 Å². The summed E-state index contributed by atoms with van der Waals surface area (Å²) in [7, 11) is 0. The van der Waals surface area contributed by atoms with Crippen LogP contribution in [0.1, 0.15) is 47.5 Å². The number of nitrogens with one attached hydrogen (secondary N) is 3. The molecule has 2 heterocycles. The highest BCUT2D eigenvalue weighted by atomic mass is 16.6. The number of likely N-dealkylation sites (tertiary alicyclic amines) is 1. The summed E-state index contributed by atoms with van der Waals surface area (Å²) in [5, 5.41) is 7.46. The van der Waals surface area contributed by atoms with Gasteiger partial charge >= 0.3 is 12.0 Å². The second kappa shape index (κ2) is 12.2. The summed E-state index contributed by atoms with van der Waals surface area (Å²) in [5.74, 6) is -3.83. The molecule has 5 N–H and O–H groups in total. The van der Waals surface area contributed by atoms with Crippen LogP contribution in [0.4, 0.5) is 4.79 Å². The third-order valence-electron chi connectivity index (χ3n) is 6.06. The van der Waals surface area contributed by atoms with Gasteiger partial charge in [0.1, 0.15) is 24.7 Å². The van der Waals surface area contributed by atoms with Crippen molar-refractivity contribution in [2.24, 2.45) is 17.1 Å². The number of hydrogen-bond acceptors (Lipinski definition) is 8. The molecule has 0 spiro atoms. The molecule has 2 fully saturated rings. The second-order valence-corrected chi connectivity index (χ2v) is 10.4. The van der Waals surface area contributed by atoms with Gasteiger partial charge in [-0.05, 0) is 24.7 Å². The van der Waals surface area contributed by atoms with Crippen molar-refractivity contribution in [3.05, 3.63) is 0 Å². The SMILES string of the molecule is CC(NC(=O)C1C[C@@H](C)CN1C(=O)C(NC(=O)NCC(=O)OC1CCOC1)C(C)(C)C)C(=O)C(N)=O. The third-order valence-corrected chi connectivity index (χ3v) is 6.06. The fourth-order valence-corrected chi connectivity index (χ4v) is 4.11. The van der Waals surface area contributed by atoms with E-state index in [0.717, 1.165) is 0 Å². The van der Waals surface area contributed by atoms with Crippen LogP contribution in [0.3, 0.4) is 0 Å². The van der Waals surface area contributed by atoms with E-state index < -0.39 is 59.0 Å². The zero-order chi connectivity index (χ0) is 27.2. The first kappa shape index (κ1) is 29.0. The first-order valence-corrected chi connectivity index (χ1v) is 12.0. The monoisotopic (exact) mass is 511 g/mol. The molecule has 0 aromatic rings. The molecule has 13 heteroatoms. The minimum Gasteiger partial charge on any atom is -0.459 e. The van der Waals surface area contributed by atoms with Gasteiger partial charge in [0, 0.05) is 13.0 Å². The van der Waals surface area contributed by atoms with E-state index in [1.807, 2.05) is 6.92 Å². The molecule has 0 aliphatic carbocycles. The average Bonchev–Trinajstić information content (AvgIpc) is 3.43. The van der Waals surface area contributed by atoms with E-state index in [1.165, 1.54) is 11.8 Å². The Labute approximate surface area is 210 Å². The van der Waals surface area contributed by atoms with Crippen molar-refractivity contribution in [1.82, 2.24) is 20.9 Å². The molecule has 2 aliphatic rings. The summed E-state index contributed by atoms with van der Waals surface area (Å²) >= 11 is 0. The van der Waals surface area contributed by atoms with Crippen molar-refractivity contribution < 1.29 is 38.2 Å². The van der Waals surface area contributed by atoms with Crippen molar-refractivity contribution in [2.75, 3.05) is 26.3 Å². The predicted molar refractivity (Wildman–Crippen MR) is 126 cm³/mol. The number of primary amides is 1. The highest BCUT2D eigenvalue weighted by Gasteiger charge is 2.44. The number of Topliss-reactive ketones (excluding diaryl/α,β-unsaturated/α-hetero) is 1. The first-order chi connectivity index (χ1) is 16.7. The van der Waals surface area contributed by atoms with Gasteiger partial charge in [-0.15, -0.1) is 0 Å². The van der Waals surface area contributed by atoms with Gasteiger partial charge in [0.05, 0.1) is 19.3 Å². The molecular weight excluding hydrogens is 474 g/mol. The fourth-order valence-electron chi connectivity index (χ4n) is 4.11. The maximum Gasteiger partial charge on any atom is 0.325 e. The predicted octanol–water partition coefficient (Wildman–Crippen LogP) is -1.17. The number of urea groups is 1. The van der Waals surface area contributed by atoms with Crippen molar-refractivity contribution in [3.8, 4) is 0 Å². The van der Waals surface area contributed by atoms with Gasteiger partial charge in [0.15, 0.2) is 0 Å². The standard InChI is InChI=1S/C23H37N5O8/c1-12-8-15(20(32)26-13(2)17(30)19(24)31)28(10-12)21(33)18(23(3,4)5)27-22(34)25-9-16(29)36-14-6-7-35-11-14/h12-15,18H,6-11H2,1-5H3,(H2,24,31)(H,26,32)(H2,25,27,34)/t12-,13?,14?,15?,18?/m1/s1. The summed E-state index contributed by atoms with van der Waals surface area (Å²) in [6.45, 7) is 9.19. The summed E-state index contributed by atoms with van der Waals surface area (Å²) < 4.78 is 10.3. The Morgan fingerprint density at radius 2 is 1.81 bits per heavy atom. The van der Waals surface area contributed by atoms with Crippen LogP contribution in [-0.2, 0) is 33.4 Å². The van der Waals surface area contributed by atoms with E-state index in [0.29, 0.717) is 26.1 Å². The van der Waals surface area contributed by atoms with Crippen LogP contribution in [0.5, 0.6) is 0 Å². The third kappa shape index (κ3) is 7.90. The van der Waals surface area contributed by atoms with Crippen LogP contribution in [0, 0.1) is 11.3 Å². The number of rotatable bonds is 9. The van der Waals surface area contributed by atoms with Gasteiger partial charge in [-0.3, -0.25) is 24.0 Å². The highest BCUT2D eigenvalue weighted by molar-refractivity contribution is 6.37. The average molecular weight is 512 g/mol. The normalized spacial score (nSPS) is 23.4. The summed E-state index contributed by atoms with van der Waals surface area (Å²) in [6, 6.07) is -3.80. The van der Waals surface area contributed by atoms with Crippen molar-refractivity contribution in [3.63, 3.8) is 0 Å². The quantitative estimate of drug-likeness (QED) is 0.220. The van der Waals surface area contributed by atoms with E-state index in [2.05, 4.69) is 16.0 Å². The summed E-state index contributed by atoms with van der Waals surface area (Å²) in [6.07, 6.45) is 0.596. The second-order valence-electron chi connectivity index (χ2n) is 10.4. The lowest BCUT2D eigenvalue weighted by Crippen LogP contribution is -2.60. The van der Waals surface area contributed by atoms with Gasteiger partial charge in [-0.2, -0.15) is 0 Å². The molecule has 0 saturated carbocycles. The highest BCUT2D eigenvalue weighted by Crippen LogP contribution is 2.28. The molecule has 36 heavy (non-hydrogen) atoms. The van der Waals surface area contributed by atoms with Gasteiger partial charge in [0.25, 0.3) is 5.91 Å². The number of esters is 1. The minimum absolute atomic E-state index is 0.0179. The molecule has 0 aromatic heterocycles. The lowest BCUT2D eigenvalue weighted by molar-refractivity contribution is -0.147. The van der Waals surface area contributed by atoms with Crippen LogP contribution < -0.4 is 21.7 Å². The van der Waals surface area contributed by atoms with Crippen LogP contribution in [0.25, 0.3) is 0 Å². The smallest absolute Gasteiger partial charge is 0.325 e. The summed E-state index contributed by atoms with van der Waals surface area (Å²) in [5.41, 5.74) is 4.26. The topological polar surface area (TPSA) is 186 Å². The minimum atomic E-state index is -1.17. The Morgan fingerprint density at radius 1 is 1.14 bits per heavy atom. The lowest BCUT2D eigenvalue weighted by atomic mass is 9.85. The maximum atomic E-state index is 13.5. The van der Waals surface area contributed by atoms with Crippen LogP contribution in [0.2, 0.25) is 0 Å². The Balaban J connectivity index is 2.04. The number of ketones is 1. The molecule has 0 aromatic carbocycles. The molecular formula is C23H37N5O8. The Hall–Kier alpha value is -3.22. The van der Waals surface area contributed by atoms with E-state index in [9.17, 15) is 28.8 Å².